The number of unbranched alkanes of at least 4 members (excludes halogenated alkanes) is 2. The number of hydrogen-bond acceptors (Lipinski definition) is 10. The SMILES string of the molecule is C=CCC(CC(CC(CC(CC(CC(CC(CC(CC(CC(CCCCC)OC)OC)OC)OC)OC)OC)OC)OC)OC)OC. The highest BCUT2D eigenvalue weighted by Crippen LogP contribution is 2.25. The molecule has 0 amide bonds. The maximum atomic E-state index is 5.96. The molecule has 10 nitrogen and oxygen atoms in total. The van der Waals surface area contributed by atoms with Crippen LogP contribution in [0.25, 0.3) is 0 Å². The van der Waals surface area contributed by atoms with Crippen molar-refractivity contribution in [2.24, 2.45) is 0 Å². The van der Waals surface area contributed by atoms with E-state index < -0.39 is 0 Å². The smallest absolute Gasteiger partial charge is 0.0630 e. The van der Waals surface area contributed by atoms with E-state index in [1.165, 1.54) is 19.3 Å². The zero-order valence-electron chi connectivity index (χ0n) is 32.0. The van der Waals surface area contributed by atoms with Gasteiger partial charge in [-0.05, 0) is 64.2 Å². The third kappa shape index (κ3) is 21.2. The Morgan fingerprint density at radius 3 is 0.809 bits per heavy atom. The first-order chi connectivity index (χ1) is 22.7. The highest BCUT2D eigenvalue weighted by Gasteiger charge is 2.29. The Bertz CT molecular complexity index is 698. The summed E-state index contributed by atoms with van der Waals surface area (Å²) < 4.78 is 58.6. The van der Waals surface area contributed by atoms with E-state index in [-0.39, 0.29) is 61.0 Å². The van der Waals surface area contributed by atoms with Gasteiger partial charge in [-0.3, -0.25) is 0 Å². The van der Waals surface area contributed by atoms with Crippen LogP contribution in [-0.4, -0.2) is 132 Å². The zero-order chi connectivity index (χ0) is 35.5. The summed E-state index contributed by atoms with van der Waals surface area (Å²) in [5, 5.41) is 0. The van der Waals surface area contributed by atoms with E-state index in [0.29, 0.717) is 12.8 Å². The van der Waals surface area contributed by atoms with Gasteiger partial charge in [-0.1, -0.05) is 32.3 Å². The second-order valence-corrected chi connectivity index (χ2v) is 12.7. The molecule has 0 spiro atoms. The summed E-state index contributed by atoms with van der Waals surface area (Å²) in [5.74, 6) is 0. The molecular weight excluding hydrogens is 604 g/mol. The average molecular weight is 679 g/mol. The van der Waals surface area contributed by atoms with Crippen LogP contribution in [0.4, 0.5) is 0 Å². The standard InChI is InChI=1S/C37H74O10/c1-13-15-16-18-29(39-4)20-31(41-6)22-33(43-8)24-35(45-10)26-37(47-12)27-36(46-11)25-34(44-9)23-32(42-7)21-30(40-5)19-28(38-3)17-14-2/h14,28-37H,2,13,15-27H2,1,3-12H3. The largest absolute Gasteiger partial charge is 0.381 e. The molecule has 0 rings (SSSR count). The molecular formula is C37H74O10. The lowest BCUT2D eigenvalue weighted by Gasteiger charge is -2.31. The van der Waals surface area contributed by atoms with Crippen molar-refractivity contribution in [1.82, 2.24) is 0 Å². The Balaban J connectivity index is 5.21. The Kier molecular flexibility index (Phi) is 29.8. The van der Waals surface area contributed by atoms with Gasteiger partial charge in [0.15, 0.2) is 0 Å². The van der Waals surface area contributed by atoms with Gasteiger partial charge in [-0.15, -0.1) is 6.58 Å². The molecule has 0 heterocycles. The van der Waals surface area contributed by atoms with Gasteiger partial charge in [0, 0.05) is 77.5 Å². The molecule has 0 aliphatic carbocycles. The molecule has 0 N–H and O–H groups in total. The molecule has 10 heteroatoms. The Labute approximate surface area is 288 Å². The van der Waals surface area contributed by atoms with Crippen molar-refractivity contribution in [2.45, 2.75) is 158 Å². The summed E-state index contributed by atoms with van der Waals surface area (Å²) in [5.41, 5.74) is 0. The van der Waals surface area contributed by atoms with Crippen molar-refractivity contribution in [3.05, 3.63) is 12.7 Å². The fourth-order valence-corrected chi connectivity index (χ4v) is 6.38. The molecule has 0 saturated carbocycles. The summed E-state index contributed by atoms with van der Waals surface area (Å²) in [6, 6.07) is 0. The minimum absolute atomic E-state index is 0.00622. The van der Waals surface area contributed by atoms with Crippen LogP contribution in [0.5, 0.6) is 0 Å². The normalized spacial score (nSPS) is 18.5. The third-order valence-corrected chi connectivity index (χ3v) is 9.62. The predicted octanol–water partition coefficient (Wildman–Crippen LogP) is 6.80. The van der Waals surface area contributed by atoms with E-state index in [2.05, 4.69) is 13.5 Å². The third-order valence-electron chi connectivity index (χ3n) is 9.62. The first-order valence-corrected chi connectivity index (χ1v) is 17.6. The van der Waals surface area contributed by atoms with Crippen molar-refractivity contribution < 1.29 is 47.4 Å². The van der Waals surface area contributed by atoms with Crippen molar-refractivity contribution >= 4 is 0 Å². The second kappa shape index (κ2) is 30.2. The fraction of sp³-hybridized carbons (Fsp3) is 0.946. The predicted molar refractivity (Wildman–Crippen MR) is 188 cm³/mol. The number of methoxy groups -OCH3 is 10. The van der Waals surface area contributed by atoms with Gasteiger partial charge < -0.3 is 47.4 Å². The molecule has 0 fully saturated rings. The van der Waals surface area contributed by atoms with Crippen LogP contribution in [0.15, 0.2) is 12.7 Å². The van der Waals surface area contributed by atoms with E-state index in [4.69, 9.17) is 47.4 Å². The van der Waals surface area contributed by atoms with Crippen LogP contribution in [0.2, 0.25) is 0 Å². The summed E-state index contributed by atoms with van der Waals surface area (Å²) in [7, 11) is 17.5. The molecule has 0 aromatic carbocycles. The van der Waals surface area contributed by atoms with Crippen LogP contribution in [0.1, 0.15) is 96.8 Å². The Morgan fingerprint density at radius 2 is 0.596 bits per heavy atom. The summed E-state index contributed by atoms with van der Waals surface area (Å²) in [6.45, 7) is 6.06. The minimum Gasteiger partial charge on any atom is -0.381 e. The lowest BCUT2D eigenvalue weighted by molar-refractivity contribution is -0.0602. The lowest BCUT2D eigenvalue weighted by Crippen LogP contribution is -2.34. The van der Waals surface area contributed by atoms with Crippen molar-refractivity contribution in [3.8, 4) is 0 Å². The van der Waals surface area contributed by atoms with Crippen LogP contribution in [0, 0.1) is 0 Å². The molecule has 0 aromatic heterocycles. The monoisotopic (exact) mass is 679 g/mol. The minimum atomic E-state index is -0.0571. The van der Waals surface area contributed by atoms with Gasteiger partial charge in [0.25, 0.3) is 0 Å². The zero-order valence-corrected chi connectivity index (χ0v) is 32.0. The molecule has 10 unspecified atom stereocenters. The molecule has 282 valence electrons. The van der Waals surface area contributed by atoms with Crippen LogP contribution < -0.4 is 0 Å². The van der Waals surface area contributed by atoms with Gasteiger partial charge in [0.05, 0.1) is 61.0 Å². The number of ether oxygens (including phenoxy) is 10. The molecule has 0 aliphatic rings. The van der Waals surface area contributed by atoms with Gasteiger partial charge >= 0.3 is 0 Å². The Morgan fingerprint density at radius 1 is 0.362 bits per heavy atom. The van der Waals surface area contributed by atoms with Gasteiger partial charge in [0.2, 0.25) is 0 Å². The molecule has 0 radical (unpaired) electrons. The Hall–Kier alpha value is -0.660. The highest BCUT2D eigenvalue weighted by molar-refractivity contribution is 4.81. The molecule has 0 aliphatic heterocycles. The molecule has 10 atom stereocenters. The molecule has 47 heavy (non-hydrogen) atoms. The summed E-state index contributed by atoms with van der Waals surface area (Å²) in [6.07, 6.45) is 14.1. The van der Waals surface area contributed by atoms with Crippen LogP contribution in [0.3, 0.4) is 0 Å². The second-order valence-electron chi connectivity index (χ2n) is 12.7. The van der Waals surface area contributed by atoms with E-state index in [9.17, 15) is 0 Å². The van der Waals surface area contributed by atoms with E-state index in [0.717, 1.165) is 57.8 Å². The fourth-order valence-electron chi connectivity index (χ4n) is 6.38. The van der Waals surface area contributed by atoms with Crippen molar-refractivity contribution in [1.29, 1.82) is 0 Å². The van der Waals surface area contributed by atoms with E-state index in [1.807, 2.05) is 6.08 Å². The summed E-state index contributed by atoms with van der Waals surface area (Å²) in [4.78, 5) is 0. The van der Waals surface area contributed by atoms with Gasteiger partial charge in [-0.25, -0.2) is 0 Å². The number of rotatable bonds is 34. The summed E-state index contributed by atoms with van der Waals surface area (Å²) >= 11 is 0. The van der Waals surface area contributed by atoms with Crippen molar-refractivity contribution in [3.63, 3.8) is 0 Å². The first kappa shape index (κ1) is 46.3. The lowest BCUT2D eigenvalue weighted by atomic mass is 9.94. The van der Waals surface area contributed by atoms with Crippen LogP contribution >= 0.6 is 0 Å². The van der Waals surface area contributed by atoms with Gasteiger partial charge in [-0.2, -0.15) is 0 Å². The maximum absolute atomic E-state index is 5.96. The maximum Gasteiger partial charge on any atom is 0.0630 e. The number of hydrogen-bond donors (Lipinski definition) is 0. The van der Waals surface area contributed by atoms with Crippen molar-refractivity contribution in [2.75, 3.05) is 71.1 Å². The van der Waals surface area contributed by atoms with Gasteiger partial charge in [0.1, 0.15) is 0 Å². The molecule has 0 saturated heterocycles. The first-order valence-electron chi connectivity index (χ1n) is 17.6. The molecule has 0 aromatic rings. The van der Waals surface area contributed by atoms with E-state index >= 15 is 0 Å². The quantitative estimate of drug-likeness (QED) is 0.0534. The average Bonchev–Trinajstić information content (AvgIpc) is 3.10. The van der Waals surface area contributed by atoms with Crippen LogP contribution in [-0.2, 0) is 47.4 Å². The topological polar surface area (TPSA) is 92.3 Å². The highest BCUT2D eigenvalue weighted by atomic mass is 16.5. The molecule has 0 bridgehead atoms. The van der Waals surface area contributed by atoms with E-state index in [1.54, 1.807) is 71.1 Å².